The molecular weight excluding hydrogens is 412 g/mol. The largest absolute Gasteiger partial charge is 0.497 e. The second-order valence-corrected chi connectivity index (χ2v) is 7.95. The van der Waals surface area contributed by atoms with Crippen molar-refractivity contribution in [1.29, 1.82) is 0 Å². The molecule has 2 N–H and O–H groups in total. The van der Waals surface area contributed by atoms with Gasteiger partial charge in [0.05, 0.1) is 26.5 Å². The monoisotopic (exact) mass is 438 g/mol. The molecule has 2 heterocycles. The molecule has 0 aromatic heterocycles. The smallest absolute Gasteiger partial charge is 0.344 e. The number of aryl methyl sites for hydroxylation is 1. The van der Waals surface area contributed by atoms with E-state index in [4.69, 9.17) is 9.47 Å². The number of ether oxygens (including phenoxy) is 2. The number of nitrogens with zero attached hydrogens (tertiary/aromatic N) is 2. The summed E-state index contributed by atoms with van der Waals surface area (Å²) in [6, 6.07) is 11.9. The summed E-state index contributed by atoms with van der Waals surface area (Å²) in [5, 5.41) is 3.42. The highest BCUT2D eigenvalue weighted by molar-refractivity contribution is 6.08. The number of anilines is 1. The van der Waals surface area contributed by atoms with Crippen molar-refractivity contribution in [2.45, 2.75) is 25.3 Å². The molecular formula is C23H26N4O5. The summed E-state index contributed by atoms with van der Waals surface area (Å²) in [5.41, 5.74) is 3.73. The number of urea groups is 1. The lowest BCUT2D eigenvalue weighted by molar-refractivity contribution is -0.138. The van der Waals surface area contributed by atoms with Gasteiger partial charge in [-0.05, 0) is 49.1 Å². The van der Waals surface area contributed by atoms with Gasteiger partial charge in [-0.3, -0.25) is 15.0 Å². The number of carbonyl (C=O) groups excluding carboxylic acids is 3. The third-order valence-corrected chi connectivity index (χ3v) is 5.92. The fraction of sp³-hybridized carbons (Fsp3) is 0.348. The molecule has 1 unspecified atom stereocenters. The number of imide groups is 1. The Hall–Kier alpha value is -3.75. The molecule has 4 rings (SSSR count). The molecule has 1 saturated heterocycles. The van der Waals surface area contributed by atoms with E-state index in [9.17, 15) is 14.4 Å². The number of fused-ring (bicyclic) bond motifs is 1. The van der Waals surface area contributed by atoms with Gasteiger partial charge in [0, 0.05) is 6.54 Å². The van der Waals surface area contributed by atoms with Gasteiger partial charge >= 0.3 is 6.03 Å². The van der Waals surface area contributed by atoms with Gasteiger partial charge in [-0.15, -0.1) is 0 Å². The van der Waals surface area contributed by atoms with Gasteiger partial charge in [-0.1, -0.05) is 24.3 Å². The van der Waals surface area contributed by atoms with Gasteiger partial charge in [0.2, 0.25) is 0 Å². The number of hydrazine groups is 1. The molecule has 2 aromatic carbocycles. The van der Waals surface area contributed by atoms with E-state index in [1.165, 1.54) is 0 Å². The molecule has 0 bridgehead atoms. The Labute approximate surface area is 186 Å². The predicted octanol–water partition coefficient (Wildman–Crippen LogP) is 1.95. The van der Waals surface area contributed by atoms with E-state index in [2.05, 4.69) is 10.7 Å². The summed E-state index contributed by atoms with van der Waals surface area (Å²) in [7, 11) is 3.14. The van der Waals surface area contributed by atoms with E-state index in [-0.39, 0.29) is 6.54 Å². The topological polar surface area (TPSA) is 100 Å². The van der Waals surface area contributed by atoms with Crippen LogP contribution in [0, 0.1) is 0 Å². The Balaban J connectivity index is 1.49. The standard InChI is InChI=1S/C23H26N4O5/c1-23(16-9-11-17(31-2)12-10-16)21(29)27(22(30)24-23)25-19(28)14-26-13-5-7-15-6-4-8-18(32-3)20(15)26/h4,6,8-12H,5,7,13-14H2,1-3H3,(H,24,30)(H,25,28). The van der Waals surface area contributed by atoms with E-state index in [0.717, 1.165) is 29.1 Å². The molecule has 1 fully saturated rings. The molecule has 4 amide bonds. The molecule has 0 radical (unpaired) electrons. The number of nitrogens with one attached hydrogen (secondary N) is 2. The molecule has 168 valence electrons. The lowest BCUT2D eigenvalue weighted by atomic mass is 9.92. The zero-order valence-electron chi connectivity index (χ0n) is 18.3. The fourth-order valence-corrected chi connectivity index (χ4v) is 4.22. The number of amides is 4. The SMILES string of the molecule is COc1ccc(C2(C)NC(=O)N(NC(=O)CN3CCCc4cccc(OC)c43)C2=O)cc1. The van der Waals surface area contributed by atoms with Crippen molar-refractivity contribution in [3.8, 4) is 11.5 Å². The minimum absolute atomic E-state index is 0.0102. The maximum Gasteiger partial charge on any atom is 0.344 e. The summed E-state index contributed by atoms with van der Waals surface area (Å²) in [4.78, 5) is 40.4. The van der Waals surface area contributed by atoms with Gasteiger partial charge in [0.25, 0.3) is 11.8 Å². The van der Waals surface area contributed by atoms with Gasteiger partial charge in [0.1, 0.15) is 17.0 Å². The van der Waals surface area contributed by atoms with Crippen molar-refractivity contribution in [1.82, 2.24) is 15.8 Å². The van der Waals surface area contributed by atoms with Gasteiger partial charge in [-0.25, -0.2) is 4.79 Å². The third kappa shape index (κ3) is 3.70. The minimum atomic E-state index is -1.29. The van der Waals surface area contributed by atoms with E-state index >= 15 is 0 Å². The number of rotatable bonds is 6. The van der Waals surface area contributed by atoms with E-state index < -0.39 is 23.4 Å². The van der Waals surface area contributed by atoms with Crippen LogP contribution in [0.4, 0.5) is 10.5 Å². The molecule has 9 heteroatoms. The van der Waals surface area contributed by atoms with Crippen LogP contribution in [0.25, 0.3) is 0 Å². The molecule has 0 spiro atoms. The zero-order chi connectivity index (χ0) is 22.9. The maximum atomic E-state index is 13.1. The first-order chi connectivity index (χ1) is 15.4. The van der Waals surface area contributed by atoms with Crippen LogP contribution >= 0.6 is 0 Å². The first-order valence-corrected chi connectivity index (χ1v) is 10.4. The number of benzene rings is 2. The van der Waals surface area contributed by atoms with Crippen LogP contribution in [0.1, 0.15) is 24.5 Å². The van der Waals surface area contributed by atoms with Crippen molar-refractivity contribution in [2.24, 2.45) is 0 Å². The summed E-state index contributed by atoms with van der Waals surface area (Å²) < 4.78 is 10.6. The molecule has 2 aromatic rings. The van der Waals surface area contributed by atoms with Crippen molar-refractivity contribution in [3.63, 3.8) is 0 Å². The summed E-state index contributed by atoms with van der Waals surface area (Å²) >= 11 is 0. The zero-order valence-corrected chi connectivity index (χ0v) is 18.3. The minimum Gasteiger partial charge on any atom is -0.497 e. The highest BCUT2D eigenvalue weighted by Gasteiger charge is 2.50. The average Bonchev–Trinajstić information content (AvgIpc) is 3.02. The van der Waals surface area contributed by atoms with Gasteiger partial charge < -0.3 is 19.7 Å². The summed E-state index contributed by atoms with van der Waals surface area (Å²) in [6.07, 6.45) is 1.80. The van der Waals surface area contributed by atoms with Gasteiger partial charge in [0.15, 0.2) is 0 Å². The third-order valence-electron chi connectivity index (χ3n) is 5.92. The molecule has 9 nitrogen and oxygen atoms in total. The average molecular weight is 438 g/mol. The fourth-order valence-electron chi connectivity index (χ4n) is 4.22. The van der Waals surface area contributed by atoms with Crippen molar-refractivity contribution >= 4 is 23.5 Å². The van der Waals surface area contributed by atoms with E-state index in [1.807, 2.05) is 23.1 Å². The summed E-state index contributed by atoms with van der Waals surface area (Å²) in [5.74, 6) is 0.303. The quantitative estimate of drug-likeness (QED) is 0.669. The number of methoxy groups -OCH3 is 2. The number of hydrogen-bond acceptors (Lipinski definition) is 6. The van der Waals surface area contributed by atoms with Crippen LogP contribution in [0.3, 0.4) is 0 Å². The molecule has 32 heavy (non-hydrogen) atoms. The summed E-state index contributed by atoms with van der Waals surface area (Å²) in [6.45, 7) is 2.27. The number of hydrogen-bond donors (Lipinski definition) is 2. The molecule has 2 aliphatic rings. The van der Waals surface area contributed by atoms with Crippen LogP contribution in [0.5, 0.6) is 11.5 Å². The molecule has 2 aliphatic heterocycles. The van der Waals surface area contributed by atoms with Crippen LogP contribution in [0.2, 0.25) is 0 Å². The molecule has 0 aliphatic carbocycles. The van der Waals surface area contributed by atoms with Crippen LogP contribution in [-0.2, 0) is 21.5 Å². The highest BCUT2D eigenvalue weighted by atomic mass is 16.5. The highest BCUT2D eigenvalue weighted by Crippen LogP contribution is 2.36. The normalized spacial score (nSPS) is 20.0. The predicted molar refractivity (Wildman–Crippen MR) is 117 cm³/mol. The van der Waals surface area contributed by atoms with Crippen molar-refractivity contribution in [2.75, 3.05) is 32.2 Å². The van der Waals surface area contributed by atoms with Crippen molar-refractivity contribution < 1.29 is 23.9 Å². The van der Waals surface area contributed by atoms with Gasteiger partial charge in [-0.2, -0.15) is 5.01 Å². The second-order valence-electron chi connectivity index (χ2n) is 7.95. The Morgan fingerprint density at radius 3 is 2.56 bits per heavy atom. The number of para-hydroxylation sites is 1. The van der Waals surface area contributed by atoms with Crippen molar-refractivity contribution in [3.05, 3.63) is 53.6 Å². The van der Waals surface area contributed by atoms with Crippen LogP contribution < -0.4 is 25.1 Å². The molecule has 1 atom stereocenters. The van der Waals surface area contributed by atoms with Crippen LogP contribution in [0.15, 0.2) is 42.5 Å². The second kappa shape index (κ2) is 8.41. The Bertz CT molecular complexity index is 1040. The Morgan fingerprint density at radius 1 is 1.12 bits per heavy atom. The lowest BCUT2D eigenvalue weighted by Gasteiger charge is -2.32. The Morgan fingerprint density at radius 2 is 1.88 bits per heavy atom. The molecule has 0 saturated carbocycles. The first-order valence-electron chi connectivity index (χ1n) is 10.4. The first kappa shape index (κ1) is 21.5. The lowest BCUT2D eigenvalue weighted by Crippen LogP contribution is -2.51. The van der Waals surface area contributed by atoms with E-state index in [1.54, 1.807) is 45.4 Å². The van der Waals surface area contributed by atoms with Crippen LogP contribution in [-0.4, -0.2) is 50.2 Å². The maximum absolute atomic E-state index is 13.1. The number of carbonyl (C=O) groups is 3. The van der Waals surface area contributed by atoms with E-state index in [0.29, 0.717) is 23.6 Å². The Kier molecular flexibility index (Phi) is 5.65.